The fourth-order valence-electron chi connectivity index (χ4n) is 2.67. The van der Waals surface area contributed by atoms with E-state index in [-0.39, 0.29) is 11.4 Å². The number of benzene rings is 2. The third kappa shape index (κ3) is 2.89. The summed E-state index contributed by atoms with van der Waals surface area (Å²) in [6.45, 7) is 0.204. The molecule has 1 N–H and O–H groups in total. The summed E-state index contributed by atoms with van der Waals surface area (Å²) >= 11 is 5.91. The minimum Gasteiger partial charge on any atom is -0.497 e. The number of aliphatic hydroxyl groups excluding tert-OH is 1. The van der Waals surface area contributed by atoms with Crippen LogP contribution < -0.4 is 9.04 Å². The van der Waals surface area contributed by atoms with Crippen molar-refractivity contribution >= 4 is 27.3 Å². The first-order chi connectivity index (χ1) is 10.9. The average molecular weight is 354 g/mol. The molecule has 23 heavy (non-hydrogen) atoms. The molecule has 7 heteroatoms. The van der Waals surface area contributed by atoms with Crippen LogP contribution in [0.25, 0.3) is 0 Å². The first-order valence-electron chi connectivity index (χ1n) is 7.08. The van der Waals surface area contributed by atoms with Gasteiger partial charge in [-0.3, -0.25) is 4.31 Å². The molecular formula is C16H16ClNO4S. The maximum atomic E-state index is 12.9. The van der Waals surface area contributed by atoms with Crippen molar-refractivity contribution in [3.8, 4) is 5.75 Å². The molecule has 2 aromatic rings. The number of anilines is 1. The topological polar surface area (TPSA) is 66.8 Å². The SMILES string of the molecule is COc1ccc2c(c1)C(O)CCN2S(=O)(=O)c1cccc(Cl)c1. The molecule has 0 spiro atoms. The molecule has 0 bridgehead atoms. The molecule has 0 saturated carbocycles. The number of methoxy groups -OCH3 is 1. The molecule has 5 nitrogen and oxygen atoms in total. The summed E-state index contributed by atoms with van der Waals surface area (Å²) in [4.78, 5) is 0.128. The second-order valence-electron chi connectivity index (χ2n) is 5.26. The van der Waals surface area contributed by atoms with Gasteiger partial charge in [-0.25, -0.2) is 8.42 Å². The van der Waals surface area contributed by atoms with Crippen LogP contribution >= 0.6 is 11.6 Å². The highest BCUT2D eigenvalue weighted by Gasteiger charge is 2.32. The van der Waals surface area contributed by atoms with Crippen LogP contribution in [0.2, 0.25) is 5.02 Å². The molecule has 0 aromatic heterocycles. The van der Waals surface area contributed by atoms with E-state index in [4.69, 9.17) is 16.3 Å². The van der Waals surface area contributed by atoms with Crippen molar-refractivity contribution in [1.82, 2.24) is 0 Å². The van der Waals surface area contributed by atoms with Crippen molar-refractivity contribution in [1.29, 1.82) is 0 Å². The number of halogens is 1. The summed E-state index contributed by atoms with van der Waals surface area (Å²) in [5.41, 5.74) is 1.01. The Kier molecular flexibility index (Phi) is 4.23. The van der Waals surface area contributed by atoms with Gasteiger partial charge in [-0.2, -0.15) is 0 Å². The maximum Gasteiger partial charge on any atom is 0.264 e. The smallest absolute Gasteiger partial charge is 0.264 e. The van der Waals surface area contributed by atoms with E-state index < -0.39 is 16.1 Å². The molecule has 1 unspecified atom stereocenters. The predicted octanol–water partition coefficient (Wildman–Crippen LogP) is 2.98. The molecule has 1 atom stereocenters. The van der Waals surface area contributed by atoms with Crippen LogP contribution in [0.15, 0.2) is 47.4 Å². The van der Waals surface area contributed by atoms with Crippen molar-refractivity contribution < 1.29 is 18.3 Å². The number of nitrogens with zero attached hydrogens (tertiary/aromatic N) is 1. The van der Waals surface area contributed by atoms with E-state index in [1.807, 2.05) is 0 Å². The van der Waals surface area contributed by atoms with Crippen LogP contribution in [-0.4, -0.2) is 27.2 Å². The lowest BCUT2D eigenvalue weighted by atomic mass is 10.0. The largest absolute Gasteiger partial charge is 0.497 e. The second-order valence-corrected chi connectivity index (χ2v) is 7.56. The number of hydrogen-bond acceptors (Lipinski definition) is 4. The zero-order valence-electron chi connectivity index (χ0n) is 12.4. The van der Waals surface area contributed by atoms with E-state index in [1.165, 1.54) is 23.5 Å². The van der Waals surface area contributed by atoms with Gasteiger partial charge >= 0.3 is 0 Å². The molecule has 0 fully saturated rings. The molecular weight excluding hydrogens is 338 g/mol. The van der Waals surface area contributed by atoms with Crippen molar-refractivity contribution in [2.45, 2.75) is 17.4 Å². The zero-order valence-corrected chi connectivity index (χ0v) is 14.0. The Morgan fingerprint density at radius 3 is 2.74 bits per heavy atom. The average Bonchev–Trinajstić information content (AvgIpc) is 2.54. The lowest BCUT2D eigenvalue weighted by Gasteiger charge is -2.33. The van der Waals surface area contributed by atoms with Crippen LogP contribution in [0.3, 0.4) is 0 Å². The lowest BCUT2D eigenvalue weighted by Crippen LogP contribution is -2.36. The Bertz CT molecular complexity index is 838. The maximum absolute atomic E-state index is 12.9. The van der Waals surface area contributed by atoms with Crippen LogP contribution in [0.4, 0.5) is 5.69 Å². The molecule has 3 rings (SSSR count). The lowest BCUT2D eigenvalue weighted by molar-refractivity contribution is 0.166. The second kappa shape index (κ2) is 6.03. The van der Waals surface area contributed by atoms with Gasteiger partial charge in [0, 0.05) is 17.1 Å². The Morgan fingerprint density at radius 2 is 2.04 bits per heavy atom. The number of ether oxygens (including phenoxy) is 1. The number of fused-ring (bicyclic) bond motifs is 1. The number of rotatable bonds is 3. The van der Waals surface area contributed by atoms with E-state index >= 15 is 0 Å². The highest BCUT2D eigenvalue weighted by atomic mass is 35.5. The Hall–Kier alpha value is -1.76. The van der Waals surface area contributed by atoms with Crippen LogP contribution in [0.5, 0.6) is 5.75 Å². The molecule has 2 aromatic carbocycles. The predicted molar refractivity (Wildman–Crippen MR) is 88.6 cm³/mol. The monoisotopic (exact) mass is 353 g/mol. The van der Waals surface area contributed by atoms with Gasteiger partial charge in [0.15, 0.2) is 0 Å². The fraction of sp³-hybridized carbons (Fsp3) is 0.250. The highest BCUT2D eigenvalue weighted by molar-refractivity contribution is 7.92. The normalized spacial score (nSPS) is 17.7. The van der Waals surface area contributed by atoms with Gasteiger partial charge in [0.05, 0.1) is 23.8 Å². The molecule has 0 aliphatic carbocycles. The Balaban J connectivity index is 2.10. The molecule has 0 saturated heterocycles. The first-order valence-corrected chi connectivity index (χ1v) is 8.89. The summed E-state index contributed by atoms with van der Waals surface area (Å²) < 4.78 is 32.3. The quantitative estimate of drug-likeness (QED) is 0.921. The fourth-order valence-corrected chi connectivity index (χ4v) is 4.48. The van der Waals surface area contributed by atoms with Gasteiger partial charge in [-0.05, 0) is 42.8 Å². The minimum atomic E-state index is -3.74. The van der Waals surface area contributed by atoms with Gasteiger partial charge in [-0.15, -0.1) is 0 Å². The summed E-state index contributed by atoms with van der Waals surface area (Å²) in [7, 11) is -2.22. The van der Waals surface area contributed by atoms with Crippen LogP contribution in [-0.2, 0) is 10.0 Å². The summed E-state index contributed by atoms with van der Waals surface area (Å²) in [5, 5.41) is 10.5. The summed E-state index contributed by atoms with van der Waals surface area (Å²) in [6.07, 6.45) is -0.397. The van der Waals surface area contributed by atoms with Gasteiger partial charge in [0.25, 0.3) is 10.0 Å². The third-order valence-electron chi connectivity index (χ3n) is 3.85. The molecule has 1 aliphatic rings. The van der Waals surface area contributed by atoms with Crippen LogP contribution in [0, 0.1) is 0 Å². The van der Waals surface area contributed by atoms with E-state index in [1.54, 1.807) is 30.3 Å². The minimum absolute atomic E-state index is 0.128. The van der Waals surface area contributed by atoms with E-state index in [9.17, 15) is 13.5 Å². The number of hydrogen-bond donors (Lipinski definition) is 1. The highest BCUT2D eigenvalue weighted by Crippen LogP contribution is 2.39. The molecule has 1 heterocycles. The van der Waals surface area contributed by atoms with Crippen molar-refractivity contribution in [3.63, 3.8) is 0 Å². The number of aliphatic hydroxyl groups is 1. The zero-order chi connectivity index (χ0) is 16.6. The van der Waals surface area contributed by atoms with Gasteiger partial charge in [-0.1, -0.05) is 17.7 Å². The van der Waals surface area contributed by atoms with Gasteiger partial charge in [0.2, 0.25) is 0 Å². The molecule has 122 valence electrons. The van der Waals surface area contributed by atoms with Gasteiger partial charge < -0.3 is 9.84 Å². The van der Waals surface area contributed by atoms with Crippen molar-refractivity contribution in [3.05, 3.63) is 53.1 Å². The number of sulfonamides is 1. The van der Waals surface area contributed by atoms with E-state index in [0.29, 0.717) is 28.4 Å². The summed E-state index contributed by atoms with van der Waals surface area (Å²) in [5.74, 6) is 0.574. The van der Waals surface area contributed by atoms with E-state index in [0.717, 1.165) is 0 Å². The van der Waals surface area contributed by atoms with Gasteiger partial charge in [0.1, 0.15) is 5.75 Å². The van der Waals surface area contributed by atoms with Crippen molar-refractivity contribution in [2.24, 2.45) is 0 Å². The molecule has 0 radical (unpaired) electrons. The standard InChI is InChI=1S/C16H16ClNO4S/c1-22-12-5-6-15-14(10-12)16(19)7-8-18(15)23(20,21)13-4-2-3-11(17)9-13/h2-6,9-10,16,19H,7-8H2,1H3. The van der Waals surface area contributed by atoms with Crippen molar-refractivity contribution in [2.75, 3.05) is 18.0 Å². The Labute approximate surface area is 140 Å². The Morgan fingerprint density at radius 1 is 1.26 bits per heavy atom. The molecule has 1 aliphatic heterocycles. The molecule has 0 amide bonds. The summed E-state index contributed by atoms with van der Waals surface area (Å²) in [6, 6.07) is 11.2. The van der Waals surface area contributed by atoms with Crippen LogP contribution in [0.1, 0.15) is 18.1 Å². The third-order valence-corrected chi connectivity index (χ3v) is 5.90. The first kappa shape index (κ1) is 16.1. The van der Waals surface area contributed by atoms with E-state index in [2.05, 4.69) is 0 Å².